The molecule has 0 unspecified atom stereocenters. The number of ether oxygens (including phenoxy) is 1. The molecule has 1 saturated heterocycles. The second kappa shape index (κ2) is 5.79. The van der Waals surface area contributed by atoms with E-state index < -0.39 is 16.1 Å². The highest BCUT2D eigenvalue weighted by Gasteiger charge is 2.42. The van der Waals surface area contributed by atoms with E-state index in [0.29, 0.717) is 18.8 Å². The first-order valence-corrected chi connectivity index (χ1v) is 8.43. The molecule has 0 bridgehead atoms. The number of nitrogens with one attached hydrogen (secondary N) is 1. The highest BCUT2D eigenvalue weighted by atomic mass is 32.2. The van der Waals surface area contributed by atoms with Crippen LogP contribution in [0.1, 0.15) is 23.9 Å². The van der Waals surface area contributed by atoms with Crippen LogP contribution in [0.2, 0.25) is 0 Å². The van der Waals surface area contributed by atoms with E-state index in [4.69, 9.17) is 4.74 Å². The van der Waals surface area contributed by atoms with Crippen molar-refractivity contribution in [2.75, 3.05) is 13.7 Å². The smallest absolute Gasteiger partial charge is 0.243 e. The van der Waals surface area contributed by atoms with Gasteiger partial charge >= 0.3 is 0 Å². The molecule has 0 radical (unpaired) electrons. The van der Waals surface area contributed by atoms with Gasteiger partial charge in [-0.1, -0.05) is 12.1 Å². The summed E-state index contributed by atoms with van der Waals surface area (Å²) in [6.07, 6.45) is 1.78. The normalized spacial score (nSPS) is 23.0. The van der Waals surface area contributed by atoms with Crippen LogP contribution in [0.25, 0.3) is 0 Å². The summed E-state index contributed by atoms with van der Waals surface area (Å²) in [7, 11) is -2.03. The molecule has 0 amide bonds. The van der Waals surface area contributed by atoms with Crippen molar-refractivity contribution in [1.29, 1.82) is 0 Å². The van der Waals surface area contributed by atoms with Crippen LogP contribution in [0.15, 0.2) is 35.5 Å². The van der Waals surface area contributed by atoms with Gasteiger partial charge in [0.05, 0.1) is 17.0 Å². The van der Waals surface area contributed by atoms with Crippen LogP contribution in [0.3, 0.4) is 0 Å². The van der Waals surface area contributed by atoms with Crippen molar-refractivity contribution in [2.45, 2.75) is 30.4 Å². The summed E-state index contributed by atoms with van der Waals surface area (Å²) in [6.45, 7) is 2.17. The van der Waals surface area contributed by atoms with Crippen LogP contribution in [0.4, 0.5) is 0 Å². The molecule has 8 heteroatoms. The third kappa shape index (κ3) is 2.65. The van der Waals surface area contributed by atoms with Crippen molar-refractivity contribution in [2.24, 2.45) is 0 Å². The van der Waals surface area contributed by atoms with Gasteiger partial charge in [0.1, 0.15) is 12.2 Å². The maximum Gasteiger partial charge on any atom is 0.243 e. The number of sulfonamides is 1. The van der Waals surface area contributed by atoms with Gasteiger partial charge in [-0.3, -0.25) is 5.10 Å². The third-order valence-electron chi connectivity index (χ3n) is 3.90. The Morgan fingerprint density at radius 1 is 1.41 bits per heavy atom. The molecule has 0 saturated carbocycles. The summed E-state index contributed by atoms with van der Waals surface area (Å²) in [6, 6.07) is 6.51. The van der Waals surface area contributed by atoms with E-state index in [0.717, 1.165) is 5.56 Å². The molecule has 1 aromatic carbocycles. The molecule has 0 spiro atoms. The predicted octanol–water partition coefficient (Wildman–Crippen LogP) is 1.26. The quantitative estimate of drug-likeness (QED) is 0.915. The number of benzene rings is 1. The van der Waals surface area contributed by atoms with Gasteiger partial charge < -0.3 is 4.74 Å². The summed E-state index contributed by atoms with van der Waals surface area (Å²) < 4.78 is 32.7. The van der Waals surface area contributed by atoms with Gasteiger partial charge in [0.2, 0.25) is 10.0 Å². The topological polar surface area (TPSA) is 88.2 Å². The second-order valence-corrected chi connectivity index (χ2v) is 7.26. The van der Waals surface area contributed by atoms with Gasteiger partial charge in [-0.05, 0) is 31.0 Å². The lowest BCUT2D eigenvalue weighted by Crippen LogP contribution is -2.32. The molecule has 0 aliphatic carbocycles. The summed E-state index contributed by atoms with van der Waals surface area (Å²) in [5.41, 5.74) is 0.903. The zero-order valence-corrected chi connectivity index (χ0v) is 13.2. The molecular formula is C14H18N4O3S. The number of rotatable bonds is 4. The van der Waals surface area contributed by atoms with Gasteiger partial charge in [-0.25, -0.2) is 13.4 Å². The highest BCUT2D eigenvalue weighted by molar-refractivity contribution is 7.89. The Morgan fingerprint density at radius 3 is 2.86 bits per heavy atom. The lowest BCUT2D eigenvalue weighted by atomic mass is 10.2. The van der Waals surface area contributed by atoms with E-state index in [1.54, 1.807) is 25.3 Å². The molecule has 1 fully saturated rings. The molecule has 2 heterocycles. The number of aryl methyl sites for hydroxylation is 1. The molecule has 7 nitrogen and oxygen atoms in total. The molecule has 2 atom stereocenters. The van der Waals surface area contributed by atoms with Gasteiger partial charge in [0.15, 0.2) is 0 Å². The van der Waals surface area contributed by atoms with Gasteiger partial charge in [0, 0.05) is 13.7 Å². The van der Waals surface area contributed by atoms with Crippen LogP contribution in [0, 0.1) is 6.92 Å². The first kappa shape index (κ1) is 15.1. The van der Waals surface area contributed by atoms with Crippen molar-refractivity contribution in [3.8, 4) is 0 Å². The van der Waals surface area contributed by atoms with Crippen LogP contribution < -0.4 is 0 Å². The molecule has 1 aromatic heterocycles. The van der Waals surface area contributed by atoms with Crippen molar-refractivity contribution >= 4 is 10.0 Å². The molecular weight excluding hydrogens is 304 g/mol. The van der Waals surface area contributed by atoms with E-state index in [9.17, 15) is 8.42 Å². The Kier molecular flexibility index (Phi) is 3.98. The van der Waals surface area contributed by atoms with E-state index >= 15 is 0 Å². The van der Waals surface area contributed by atoms with E-state index in [2.05, 4.69) is 15.2 Å². The fourth-order valence-corrected chi connectivity index (χ4v) is 4.48. The average Bonchev–Trinajstić information content (AvgIpc) is 3.16. The van der Waals surface area contributed by atoms with Crippen molar-refractivity contribution in [1.82, 2.24) is 19.5 Å². The number of nitrogens with zero attached hydrogens (tertiary/aromatic N) is 3. The lowest BCUT2D eigenvalue weighted by molar-refractivity contribution is 0.114. The van der Waals surface area contributed by atoms with E-state index in [1.165, 1.54) is 10.6 Å². The van der Waals surface area contributed by atoms with Crippen molar-refractivity contribution in [3.63, 3.8) is 0 Å². The summed E-state index contributed by atoms with van der Waals surface area (Å²) in [4.78, 5) is 4.40. The number of methoxy groups -OCH3 is 1. The number of H-pyrrole nitrogens is 1. The number of hydrogen-bond donors (Lipinski definition) is 1. The maximum atomic E-state index is 13.0. The Labute approximate surface area is 129 Å². The van der Waals surface area contributed by atoms with Crippen molar-refractivity contribution in [3.05, 3.63) is 42.0 Å². The monoisotopic (exact) mass is 322 g/mol. The van der Waals surface area contributed by atoms with Gasteiger partial charge in [-0.15, -0.1) is 0 Å². The van der Waals surface area contributed by atoms with Crippen LogP contribution >= 0.6 is 0 Å². The first-order valence-electron chi connectivity index (χ1n) is 6.99. The van der Waals surface area contributed by atoms with Crippen molar-refractivity contribution < 1.29 is 13.2 Å². The Bertz CT molecular complexity index is 745. The number of aromatic nitrogens is 3. The Hall–Kier alpha value is -1.77. The predicted molar refractivity (Wildman–Crippen MR) is 79.6 cm³/mol. The largest absolute Gasteiger partial charge is 0.380 e. The standard InChI is InChI=1S/C14H18N4O3S/c1-10-4-3-5-12(6-10)22(19,20)18-8-11(21-2)7-13(18)14-15-9-16-17-14/h3-6,9,11,13H,7-8H2,1-2H3,(H,15,16,17)/t11-,13+/m1/s1. The molecule has 118 valence electrons. The zero-order valence-electron chi connectivity index (χ0n) is 12.4. The summed E-state index contributed by atoms with van der Waals surface area (Å²) in [5.74, 6) is 0.538. The van der Waals surface area contributed by atoms with E-state index in [1.807, 2.05) is 13.0 Å². The van der Waals surface area contributed by atoms with E-state index in [-0.39, 0.29) is 11.0 Å². The average molecular weight is 322 g/mol. The zero-order chi connectivity index (χ0) is 15.7. The second-order valence-electron chi connectivity index (χ2n) is 5.37. The summed E-state index contributed by atoms with van der Waals surface area (Å²) >= 11 is 0. The fraction of sp³-hybridized carbons (Fsp3) is 0.429. The summed E-state index contributed by atoms with van der Waals surface area (Å²) in [5, 5.41) is 6.59. The number of aromatic amines is 1. The van der Waals surface area contributed by atoms with Crippen LogP contribution in [-0.4, -0.2) is 47.7 Å². The van der Waals surface area contributed by atoms with Gasteiger partial charge in [-0.2, -0.15) is 9.40 Å². The SMILES string of the molecule is CO[C@@H]1C[C@@H](c2ncn[nH]2)N(S(=O)(=O)c2cccc(C)c2)C1. The van der Waals surface area contributed by atoms with Crippen LogP contribution in [0.5, 0.6) is 0 Å². The molecule has 2 aromatic rings. The molecule has 22 heavy (non-hydrogen) atoms. The fourth-order valence-electron chi connectivity index (χ4n) is 2.74. The number of hydrogen-bond acceptors (Lipinski definition) is 5. The Balaban J connectivity index is 2.00. The van der Waals surface area contributed by atoms with Crippen LogP contribution in [-0.2, 0) is 14.8 Å². The minimum absolute atomic E-state index is 0.158. The minimum Gasteiger partial charge on any atom is -0.380 e. The van der Waals surface area contributed by atoms with Gasteiger partial charge in [0.25, 0.3) is 0 Å². The Morgan fingerprint density at radius 2 is 2.23 bits per heavy atom. The molecule has 1 aliphatic heterocycles. The highest BCUT2D eigenvalue weighted by Crippen LogP contribution is 2.36. The first-order chi connectivity index (χ1) is 10.5. The molecule has 1 aliphatic rings. The minimum atomic E-state index is -3.61. The molecule has 3 rings (SSSR count). The maximum absolute atomic E-state index is 13.0. The lowest BCUT2D eigenvalue weighted by Gasteiger charge is -2.22. The molecule has 1 N–H and O–H groups in total. The third-order valence-corrected chi connectivity index (χ3v) is 5.77.